The Labute approximate surface area is 182 Å². The van der Waals surface area contributed by atoms with E-state index in [1.165, 1.54) is 5.56 Å². The van der Waals surface area contributed by atoms with Crippen LogP contribution in [0.1, 0.15) is 53.4 Å². The van der Waals surface area contributed by atoms with Crippen molar-refractivity contribution in [3.05, 3.63) is 71.0 Å². The maximum absolute atomic E-state index is 12.5. The van der Waals surface area contributed by atoms with Gasteiger partial charge in [0.15, 0.2) is 10.9 Å². The number of carbonyl (C=O) groups excluding carboxylic acids is 1. The van der Waals surface area contributed by atoms with E-state index in [1.807, 2.05) is 44.2 Å². The van der Waals surface area contributed by atoms with Crippen molar-refractivity contribution in [2.75, 3.05) is 5.32 Å². The van der Waals surface area contributed by atoms with Crippen molar-refractivity contribution in [1.82, 2.24) is 5.32 Å². The lowest BCUT2D eigenvalue weighted by Gasteiger charge is -2.14. The van der Waals surface area contributed by atoms with Gasteiger partial charge in [0.2, 0.25) is 0 Å². The van der Waals surface area contributed by atoms with Gasteiger partial charge in [0.1, 0.15) is 11.5 Å². The number of hydrogen-bond acceptors (Lipinski definition) is 4. The molecule has 2 aromatic carbocycles. The second-order valence-electron chi connectivity index (χ2n) is 7.46. The van der Waals surface area contributed by atoms with Gasteiger partial charge in [0.25, 0.3) is 5.91 Å². The van der Waals surface area contributed by atoms with E-state index in [0.717, 1.165) is 23.1 Å². The lowest BCUT2D eigenvalue weighted by Crippen LogP contribution is -2.33. The zero-order chi connectivity index (χ0) is 21.8. The minimum absolute atomic E-state index is 0.0636. The standard InChI is InChI=1S/C24H26N2O3S/c1-5-14(2)17-8-9-20(27)19(13-17)25-24(30)26-23(28)22-11-10-21(29-22)18-7-6-15(3)16(4)12-18/h6-14,27H,5H2,1-4H3,(H2,25,26,28,30)/t14-/m0/s1. The second kappa shape index (κ2) is 9.13. The van der Waals surface area contributed by atoms with Crippen LogP contribution >= 0.6 is 12.2 Å². The maximum Gasteiger partial charge on any atom is 0.293 e. The number of aromatic hydroxyl groups is 1. The fraction of sp³-hybridized carbons (Fsp3) is 0.250. The lowest BCUT2D eigenvalue weighted by molar-refractivity contribution is 0.0951. The minimum Gasteiger partial charge on any atom is -0.506 e. The summed E-state index contributed by atoms with van der Waals surface area (Å²) in [5.74, 6) is 0.723. The fourth-order valence-electron chi connectivity index (χ4n) is 3.02. The average Bonchev–Trinajstić information content (AvgIpc) is 3.21. The SMILES string of the molecule is CC[C@H](C)c1ccc(O)c(NC(=S)NC(=O)c2ccc(-c3ccc(C)c(C)c3)o2)c1. The molecule has 0 aliphatic rings. The van der Waals surface area contributed by atoms with E-state index in [9.17, 15) is 9.90 Å². The van der Waals surface area contributed by atoms with Crippen LogP contribution in [-0.2, 0) is 0 Å². The van der Waals surface area contributed by atoms with Crippen LogP contribution in [0.25, 0.3) is 11.3 Å². The molecule has 0 spiro atoms. The summed E-state index contributed by atoms with van der Waals surface area (Å²) in [7, 11) is 0. The fourth-order valence-corrected chi connectivity index (χ4v) is 3.23. The molecular weight excluding hydrogens is 396 g/mol. The van der Waals surface area contributed by atoms with Crippen LogP contribution in [0, 0.1) is 13.8 Å². The smallest absolute Gasteiger partial charge is 0.293 e. The van der Waals surface area contributed by atoms with Gasteiger partial charge < -0.3 is 14.8 Å². The van der Waals surface area contributed by atoms with Gasteiger partial charge in [-0.25, -0.2) is 0 Å². The number of anilines is 1. The number of thiocarbonyl (C=S) groups is 1. The first kappa shape index (κ1) is 21.6. The van der Waals surface area contributed by atoms with Crippen molar-refractivity contribution in [1.29, 1.82) is 0 Å². The number of rotatable bonds is 5. The summed E-state index contributed by atoms with van der Waals surface area (Å²) in [6.07, 6.45) is 0.979. The number of benzene rings is 2. The average molecular weight is 423 g/mol. The number of furan rings is 1. The summed E-state index contributed by atoms with van der Waals surface area (Å²) in [4.78, 5) is 12.5. The summed E-state index contributed by atoms with van der Waals surface area (Å²) in [6.45, 7) is 8.29. The molecule has 0 saturated heterocycles. The third-order valence-electron chi connectivity index (χ3n) is 5.30. The van der Waals surface area contributed by atoms with Crippen molar-refractivity contribution in [3.8, 4) is 17.1 Å². The highest BCUT2D eigenvalue weighted by Gasteiger charge is 2.15. The molecule has 0 aliphatic heterocycles. The molecule has 1 atom stereocenters. The number of nitrogens with one attached hydrogen (secondary N) is 2. The van der Waals surface area contributed by atoms with Gasteiger partial charge in [-0.3, -0.25) is 10.1 Å². The Morgan fingerprint density at radius 3 is 2.57 bits per heavy atom. The number of phenols is 1. The van der Waals surface area contributed by atoms with Gasteiger partial charge in [-0.15, -0.1) is 0 Å². The highest BCUT2D eigenvalue weighted by molar-refractivity contribution is 7.80. The molecule has 0 aliphatic carbocycles. The van der Waals surface area contributed by atoms with Crippen LogP contribution in [-0.4, -0.2) is 16.1 Å². The number of hydrogen-bond donors (Lipinski definition) is 3. The topological polar surface area (TPSA) is 74.5 Å². The zero-order valence-electron chi connectivity index (χ0n) is 17.6. The molecule has 0 radical (unpaired) electrons. The van der Waals surface area contributed by atoms with E-state index in [2.05, 4.69) is 24.5 Å². The second-order valence-corrected chi connectivity index (χ2v) is 7.87. The summed E-state index contributed by atoms with van der Waals surface area (Å²) in [6, 6.07) is 14.7. The minimum atomic E-state index is -0.458. The Balaban J connectivity index is 1.69. The highest BCUT2D eigenvalue weighted by Crippen LogP contribution is 2.29. The summed E-state index contributed by atoms with van der Waals surface area (Å²) in [5, 5.41) is 15.7. The summed E-state index contributed by atoms with van der Waals surface area (Å²) < 4.78 is 5.72. The van der Waals surface area contributed by atoms with Gasteiger partial charge in [0.05, 0.1) is 5.69 Å². The molecule has 0 fully saturated rings. The van der Waals surface area contributed by atoms with E-state index in [4.69, 9.17) is 16.6 Å². The van der Waals surface area contributed by atoms with Gasteiger partial charge in [-0.1, -0.05) is 32.0 Å². The molecule has 1 heterocycles. The van der Waals surface area contributed by atoms with Gasteiger partial charge in [-0.2, -0.15) is 0 Å². The number of carbonyl (C=O) groups is 1. The van der Waals surface area contributed by atoms with Crippen molar-refractivity contribution >= 4 is 28.9 Å². The third kappa shape index (κ3) is 4.89. The molecule has 30 heavy (non-hydrogen) atoms. The van der Waals surface area contributed by atoms with Crippen LogP contribution < -0.4 is 10.6 Å². The lowest BCUT2D eigenvalue weighted by atomic mass is 9.98. The molecule has 0 unspecified atom stereocenters. The Morgan fingerprint density at radius 2 is 1.87 bits per heavy atom. The van der Waals surface area contributed by atoms with Crippen molar-refractivity contribution in [3.63, 3.8) is 0 Å². The van der Waals surface area contributed by atoms with Crippen LogP contribution in [0.15, 0.2) is 52.9 Å². The van der Waals surface area contributed by atoms with E-state index in [-0.39, 0.29) is 16.6 Å². The molecule has 6 heteroatoms. The van der Waals surface area contributed by atoms with Crippen molar-refractivity contribution < 1.29 is 14.3 Å². The zero-order valence-corrected chi connectivity index (χ0v) is 18.4. The first-order valence-corrected chi connectivity index (χ1v) is 10.3. The van der Waals surface area contributed by atoms with Crippen molar-refractivity contribution in [2.24, 2.45) is 0 Å². The highest BCUT2D eigenvalue weighted by atomic mass is 32.1. The maximum atomic E-state index is 12.5. The molecule has 0 bridgehead atoms. The van der Waals surface area contributed by atoms with Crippen LogP contribution in [0.5, 0.6) is 5.75 Å². The quantitative estimate of drug-likeness (QED) is 0.352. The number of amides is 1. The molecule has 1 aromatic heterocycles. The van der Waals surface area contributed by atoms with Gasteiger partial charge in [-0.05, 0) is 85.4 Å². The first-order valence-electron chi connectivity index (χ1n) is 9.91. The van der Waals surface area contributed by atoms with E-state index < -0.39 is 5.91 Å². The Hall–Kier alpha value is -3.12. The summed E-state index contributed by atoms with van der Waals surface area (Å²) >= 11 is 5.25. The Kier molecular flexibility index (Phi) is 6.57. The van der Waals surface area contributed by atoms with Crippen LogP contribution in [0.2, 0.25) is 0 Å². The van der Waals surface area contributed by atoms with E-state index in [0.29, 0.717) is 17.4 Å². The van der Waals surface area contributed by atoms with Gasteiger partial charge >= 0.3 is 0 Å². The Bertz CT molecular complexity index is 1090. The first-order chi connectivity index (χ1) is 14.3. The molecule has 3 rings (SSSR count). The van der Waals surface area contributed by atoms with E-state index in [1.54, 1.807) is 18.2 Å². The van der Waals surface area contributed by atoms with Gasteiger partial charge in [0, 0.05) is 5.56 Å². The summed E-state index contributed by atoms with van der Waals surface area (Å²) in [5.41, 5.74) is 4.79. The van der Waals surface area contributed by atoms with Crippen LogP contribution in [0.3, 0.4) is 0 Å². The Morgan fingerprint density at radius 1 is 1.10 bits per heavy atom. The third-order valence-corrected chi connectivity index (χ3v) is 5.50. The molecule has 1 amide bonds. The van der Waals surface area contributed by atoms with Crippen molar-refractivity contribution in [2.45, 2.75) is 40.0 Å². The number of aryl methyl sites for hydroxylation is 2. The molecule has 5 nitrogen and oxygen atoms in total. The van der Waals surface area contributed by atoms with E-state index >= 15 is 0 Å². The molecule has 156 valence electrons. The molecule has 3 N–H and O–H groups in total. The molecule has 0 saturated carbocycles. The van der Waals surface area contributed by atoms with Crippen LogP contribution in [0.4, 0.5) is 5.69 Å². The molecule has 3 aromatic rings. The monoisotopic (exact) mass is 422 g/mol. The number of phenolic OH excluding ortho intramolecular Hbond substituents is 1. The normalized spacial score (nSPS) is 11.7. The predicted molar refractivity (Wildman–Crippen MR) is 124 cm³/mol. The largest absolute Gasteiger partial charge is 0.506 e. The predicted octanol–water partition coefficient (Wildman–Crippen LogP) is 5.91. The molecular formula is C24H26N2O3S.